The van der Waals surface area contributed by atoms with Gasteiger partial charge in [-0.3, -0.25) is 9.36 Å². The van der Waals surface area contributed by atoms with Crippen LogP contribution in [-0.2, 0) is 11.3 Å². The predicted molar refractivity (Wildman–Crippen MR) is 75.4 cm³/mol. The Hall–Kier alpha value is -1.85. The molecule has 1 aliphatic carbocycles. The summed E-state index contributed by atoms with van der Waals surface area (Å²) in [6.07, 6.45) is 4.01. The number of rotatable bonds is 2. The first-order chi connectivity index (χ1) is 9.95. The summed E-state index contributed by atoms with van der Waals surface area (Å²) in [7, 11) is 0. The van der Waals surface area contributed by atoms with Gasteiger partial charge in [-0.2, -0.15) is 0 Å². The number of nitrogens with zero attached hydrogens (tertiary/aromatic N) is 2. The topological polar surface area (TPSA) is 81.4 Å². The molecule has 0 atom stereocenters. The highest BCUT2D eigenvalue weighted by Gasteiger charge is 2.39. The van der Waals surface area contributed by atoms with Crippen molar-refractivity contribution in [2.24, 2.45) is 5.41 Å². The Morgan fingerprint density at radius 1 is 1.48 bits per heavy atom. The molecule has 6 nitrogen and oxygen atoms in total. The predicted octanol–water partition coefficient (Wildman–Crippen LogP) is 1.80. The Morgan fingerprint density at radius 3 is 2.76 bits per heavy atom. The van der Waals surface area contributed by atoms with Crippen molar-refractivity contribution in [3.63, 3.8) is 0 Å². The number of aromatic hydroxyl groups is 1. The van der Waals surface area contributed by atoms with Crippen molar-refractivity contribution < 1.29 is 14.6 Å². The summed E-state index contributed by atoms with van der Waals surface area (Å²) in [5, 5.41) is 10.0. The average Bonchev–Trinajstić information content (AvgIpc) is 2.68. The van der Waals surface area contributed by atoms with Crippen LogP contribution in [0.4, 0.5) is 0 Å². The van der Waals surface area contributed by atoms with Gasteiger partial charge in [0.2, 0.25) is 5.75 Å². The molecule has 1 aromatic heterocycles. The first-order valence-corrected chi connectivity index (χ1v) is 7.46. The molecule has 21 heavy (non-hydrogen) atoms. The minimum absolute atomic E-state index is 0.0745. The molecule has 1 N–H and O–H groups in total. The Kier molecular flexibility index (Phi) is 3.26. The van der Waals surface area contributed by atoms with Crippen LogP contribution in [0.5, 0.6) is 5.75 Å². The molecule has 3 aliphatic rings. The quantitative estimate of drug-likeness (QED) is 0.841. The fourth-order valence-corrected chi connectivity index (χ4v) is 3.48. The van der Waals surface area contributed by atoms with Gasteiger partial charge in [0.05, 0.1) is 6.61 Å². The van der Waals surface area contributed by atoms with Crippen molar-refractivity contribution in [1.29, 1.82) is 0 Å². The third kappa shape index (κ3) is 2.22. The third-order valence-electron chi connectivity index (χ3n) is 4.74. The summed E-state index contributed by atoms with van der Waals surface area (Å²) in [5.74, 6) is -0.522. The summed E-state index contributed by atoms with van der Waals surface area (Å²) >= 11 is 0. The summed E-state index contributed by atoms with van der Waals surface area (Å²) in [5.41, 5.74) is -0.697. The monoisotopic (exact) mass is 292 g/mol. The second kappa shape index (κ2) is 4.86. The van der Waals surface area contributed by atoms with Gasteiger partial charge in [0.15, 0.2) is 5.69 Å². The molecule has 0 spiro atoms. The molecule has 0 saturated heterocycles. The molecule has 0 amide bonds. The lowest BCUT2D eigenvalue weighted by Gasteiger charge is -2.32. The molecule has 1 fully saturated rings. The van der Waals surface area contributed by atoms with E-state index in [0.717, 1.165) is 25.7 Å². The van der Waals surface area contributed by atoms with E-state index in [0.29, 0.717) is 12.4 Å². The summed E-state index contributed by atoms with van der Waals surface area (Å²) < 4.78 is 6.43. The maximum absolute atomic E-state index is 12.4. The van der Waals surface area contributed by atoms with E-state index in [1.807, 2.05) is 0 Å². The van der Waals surface area contributed by atoms with Gasteiger partial charge in [-0.15, -0.1) is 0 Å². The van der Waals surface area contributed by atoms with Crippen LogP contribution >= 0.6 is 0 Å². The van der Waals surface area contributed by atoms with Gasteiger partial charge in [-0.05, 0) is 38.0 Å². The average molecular weight is 292 g/mol. The Morgan fingerprint density at radius 2 is 2.14 bits per heavy atom. The zero-order valence-electron chi connectivity index (χ0n) is 12.4. The van der Waals surface area contributed by atoms with E-state index >= 15 is 0 Å². The Labute approximate surface area is 122 Å². The lowest BCUT2D eigenvalue weighted by Crippen LogP contribution is -2.31. The number of aromatic nitrogens is 2. The zero-order valence-corrected chi connectivity index (χ0v) is 12.4. The van der Waals surface area contributed by atoms with Crippen LogP contribution in [-0.4, -0.2) is 27.2 Å². The smallest absolute Gasteiger partial charge is 0.361 e. The van der Waals surface area contributed by atoms with Gasteiger partial charge in [-0.1, -0.05) is 6.92 Å². The van der Waals surface area contributed by atoms with E-state index in [9.17, 15) is 14.7 Å². The number of ether oxygens (including phenoxy) is 1. The van der Waals surface area contributed by atoms with Crippen LogP contribution in [0.3, 0.4) is 0 Å². The number of esters is 1. The van der Waals surface area contributed by atoms with Crippen molar-refractivity contribution in [3.8, 4) is 5.75 Å². The lowest BCUT2D eigenvalue weighted by atomic mass is 9.73. The van der Waals surface area contributed by atoms with Crippen molar-refractivity contribution in [3.05, 3.63) is 21.9 Å². The van der Waals surface area contributed by atoms with Gasteiger partial charge in [0.25, 0.3) is 5.56 Å². The van der Waals surface area contributed by atoms with Crippen LogP contribution in [0.25, 0.3) is 0 Å². The third-order valence-corrected chi connectivity index (χ3v) is 4.74. The molecule has 0 radical (unpaired) electrons. The first kappa shape index (κ1) is 14.1. The maximum Gasteiger partial charge on any atom is 0.361 e. The molecule has 2 bridgehead atoms. The SMILES string of the molecule is CCOC(=O)c1nc2n(c(=O)c1O)CC1(C)CCC2CC1. The highest BCUT2D eigenvalue weighted by molar-refractivity contribution is 5.90. The highest BCUT2D eigenvalue weighted by atomic mass is 16.5. The van der Waals surface area contributed by atoms with Crippen LogP contribution in [0.2, 0.25) is 0 Å². The van der Waals surface area contributed by atoms with Crippen molar-refractivity contribution >= 4 is 5.97 Å². The molecule has 1 aromatic rings. The number of hydrogen-bond donors (Lipinski definition) is 1. The number of carbonyl (C=O) groups is 1. The van der Waals surface area contributed by atoms with Gasteiger partial charge < -0.3 is 9.84 Å². The fourth-order valence-electron chi connectivity index (χ4n) is 3.48. The molecule has 3 heterocycles. The number of carbonyl (C=O) groups excluding carboxylic acids is 1. The highest BCUT2D eigenvalue weighted by Crippen LogP contribution is 2.46. The van der Waals surface area contributed by atoms with Crippen LogP contribution < -0.4 is 5.56 Å². The number of fused-ring (bicyclic) bond motifs is 2. The van der Waals surface area contributed by atoms with Crippen molar-refractivity contribution in [2.45, 2.75) is 52.0 Å². The van der Waals surface area contributed by atoms with E-state index in [2.05, 4.69) is 11.9 Å². The van der Waals surface area contributed by atoms with Crippen LogP contribution in [0.1, 0.15) is 61.8 Å². The molecule has 0 aromatic carbocycles. The van der Waals surface area contributed by atoms with Crippen LogP contribution in [0.15, 0.2) is 4.79 Å². The molecule has 6 heteroatoms. The molecule has 0 unspecified atom stereocenters. The van der Waals surface area contributed by atoms with Gasteiger partial charge in [0.1, 0.15) is 5.82 Å². The Balaban J connectivity index is 2.16. The zero-order chi connectivity index (χ0) is 15.2. The molecule has 114 valence electrons. The largest absolute Gasteiger partial charge is 0.501 e. The van der Waals surface area contributed by atoms with E-state index < -0.39 is 17.3 Å². The van der Waals surface area contributed by atoms with E-state index in [1.165, 1.54) is 0 Å². The summed E-state index contributed by atoms with van der Waals surface area (Å²) in [4.78, 5) is 28.6. The standard InChI is InChI=1S/C15H20N2O4/c1-3-21-14(20)10-11(18)13(19)17-8-15(2)6-4-9(5-7-15)12(17)16-10/h9,18H,3-8H2,1-2H3. The van der Waals surface area contributed by atoms with E-state index in [4.69, 9.17) is 4.74 Å². The van der Waals surface area contributed by atoms with Gasteiger partial charge >= 0.3 is 5.97 Å². The van der Waals surface area contributed by atoms with Gasteiger partial charge in [0, 0.05) is 12.5 Å². The Bertz CT molecular complexity index is 642. The second-order valence-corrected chi connectivity index (χ2v) is 6.36. The van der Waals surface area contributed by atoms with E-state index in [1.54, 1.807) is 11.5 Å². The molecular formula is C15H20N2O4. The minimum Gasteiger partial charge on any atom is -0.501 e. The van der Waals surface area contributed by atoms with Crippen LogP contribution in [0, 0.1) is 5.41 Å². The normalized spacial score (nSPS) is 27.0. The van der Waals surface area contributed by atoms with Crippen molar-refractivity contribution in [2.75, 3.05) is 6.61 Å². The minimum atomic E-state index is -0.736. The molecule has 4 rings (SSSR count). The lowest BCUT2D eigenvalue weighted by molar-refractivity contribution is 0.0514. The first-order valence-electron chi connectivity index (χ1n) is 7.46. The van der Waals surface area contributed by atoms with Gasteiger partial charge in [-0.25, -0.2) is 9.78 Å². The molecule has 2 aliphatic heterocycles. The maximum atomic E-state index is 12.4. The summed E-state index contributed by atoms with van der Waals surface area (Å²) in [6.45, 7) is 4.58. The van der Waals surface area contributed by atoms with Crippen molar-refractivity contribution in [1.82, 2.24) is 9.55 Å². The number of hydrogen-bond acceptors (Lipinski definition) is 5. The molecular weight excluding hydrogens is 272 g/mol. The second-order valence-electron chi connectivity index (χ2n) is 6.36. The van der Waals surface area contributed by atoms with E-state index in [-0.39, 0.29) is 23.6 Å². The fraction of sp³-hybridized carbons (Fsp3) is 0.667. The summed E-state index contributed by atoms with van der Waals surface area (Å²) in [6, 6.07) is 0. The molecule has 1 saturated carbocycles.